The molecule has 4 N–H and O–H groups in total. The second kappa shape index (κ2) is 8.55. The molecule has 4 aliphatic rings. The minimum Gasteiger partial charge on any atom is -0.502 e. The highest BCUT2D eigenvalue weighted by Crippen LogP contribution is 2.65. The average molecular weight is 510 g/mol. The van der Waals surface area contributed by atoms with Gasteiger partial charge in [0, 0.05) is 29.3 Å². The normalized spacial score (nSPS) is 31.9. The minimum absolute atomic E-state index is 0.0125. The van der Waals surface area contributed by atoms with Gasteiger partial charge in [-0.25, -0.2) is 10.4 Å². The van der Waals surface area contributed by atoms with Crippen LogP contribution in [-0.2, 0) is 11.2 Å². The molecule has 1 aromatic heterocycles. The summed E-state index contributed by atoms with van der Waals surface area (Å²) >= 11 is 1.48. The molecule has 0 saturated heterocycles. The number of aromatic nitrogens is 1. The van der Waals surface area contributed by atoms with Gasteiger partial charge >= 0.3 is 5.69 Å². The zero-order valence-corrected chi connectivity index (χ0v) is 21.2. The van der Waals surface area contributed by atoms with E-state index < -0.39 is 4.92 Å². The van der Waals surface area contributed by atoms with Gasteiger partial charge in [-0.1, -0.05) is 13.0 Å². The molecule has 1 aromatic carbocycles. The third-order valence-electron chi connectivity index (χ3n) is 9.21. The number of hydrogen-bond donors (Lipinski definition) is 4. The average Bonchev–Trinajstić information content (AvgIpc) is 3.53. The van der Waals surface area contributed by atoms with Crippen molar-refractivity contribution in [3.05, 3.63) is 56.2 Å². The van der Waals surface area contributed by atoms with E-state index in [9.17, 15) is 20.0 Å². The number of hydrazine groups is 1. The molecule has 2 aromatic rings. The number of fused-ring (bicyclic) bond motifs is 7. The first kappa shape index (κ1) is 23.4. The van der Waals surface area contributed by atoms with Gasteiger partial charge < -0.3 is 15.8 Å². The van der Waals surface area contributed by atoms with E-state index in [4.69, 9.17) is 0 Å². The Morgan fingerprint density at radius 2 is 2.22 bits per heavy atom. The third-order valence-corrected chi connectivity index (χ3v) is 10.0. The number of phenolic OH excluding ortho intramolecular Hbond substituents is 1. The number of aryl methyl sites for hydroxylation is 1. The van der Waals surface area contributed by atoms with Crippen LogP contribution in [0, 0.1) is 40.2 Å². The van der Waals surface area contributed by atoms with E-state index in [2.05, 4.69) is 34.3 Å². The third kappa shape index (κ3) is 3.53. The molecule has 3 aliphatic carbocycles. The van der Waals surface area contributed by atoms with Crippen LogP contribution >= 0.6 is 11.3 Å². The maximum absolute atomic E-state index is 12.8. The molecule has 2 heterocycles. The molecule has 0 spiro atoms. The molecular formula is C26H31N5O4S. The number of carbonyl (C=O) groups excluding carboxylic acids is 1. The van der Waals surface area contributed by atoms with E-state index in [1.807, 2.05) is 13.0 Å². The van der Waals surface area contributed by atoms with Gasteiger partial charge in [0.2, 0.25) is 5.91 Å². The monoisotopic (exact) mass is 509 g/mol. The Morgan fingerprint density at radius 1 is 1.39 bits per heavy atom. The minimum atomic E-state index is -0.437. The number of aromatic hydroxyl groups is 1. The van der Waals surface area contributed by atoms with E-state index in [-0.39, 0.29) is 40.6 Å². The Kier molecular flexibility index (Phi) is 5.56. The number of nitrogens with zero attached hydrogens (tertiary/aromatic N) is 2. The van der Waals surface area contributed by atoms with E-state index in [1.165, 1.54) is 23.0 Å². The SMILES string of the molecule is Cc1cnc(NC(=O)CCC2C3=CNNC3C3(C)CCC4c5ccc(O)c([N+](=O)[O-])c5CCC4C23)s1. The first-order valence-corrected chi connectivity index (χ1v) is 13.5. The van der Waals surface area contributed by atoms with E-state index >= 15 is 0 Å². The molecule has 6 unspecified atom stereocenters. The van der Waals surface area contributed by atoms with E-state index in [0.29, 0.717) is 35.4 Å². The fourth-order valence-electron chi connectivity index (χ4n) is 7.89. The predicted octanol–water partition coefficient (Wildman–Crippen LogP) is 4.54. The Labute approximate surface area is 213 Å². The lowest BCUT2D eigenvalue weighted by atomic mass is 9.53. The molecule has 9 nitrogen and oxygen atoms in total. The number of benzene rings is 1. The van der Waals surface area contributed by atoms with Crippen molar-refractivity contribution in [2.75, 3.05) is 5.32 Å². The molecule has 0 radical (unpaired) electrons. The lowest BCUT2D eigenvalue weighted by molar-refractivity contribution is -0.386. The van der Waals surface area contributed by atoms with Gasteiger partial charge in [0.25, 0.3) is 0 Å². The number of nitro groups is 1. The molecule has 6 atom stereocenters. The van der Waals surface area contributed by atoms with E-state index in [1.54, 1.807) is 6.20 Å². The molecule has 6 rings (SSSR count). The Bertz CT molecular complexity index is 1280. The molecule has 0 bridgehead atoms. The highest BCUT2D eigenvalue weighted by molar-refractivity contribution is 7.15. The van der Waals surface area contributed by atoms with Crippen LogP contribution in [-0.4, -0.2) is 27.0 Å². The summed E-state index contributed by atoms with van der Waals surface area (Å²) in [6.07, 6.45) is 8.47. The van der Waals surface area contributed by atoms with E-state index in [0.717, 1.165) is 36.1 Å². The first-order chi connectivity index (χ1) is 17.3. The largest absolute Gasteiger partial charge is 0.502 e. The maximum Gasteiger partial charge on any atom is 0.314 e. The van der Waals surface area contributed by atoms with Gasteiger partial charge in [0.05, 0.1) is 11.0 Å². The van der Waals surface area contributed by atoms with Crippen LogP contribution in [0.3, 0.4) is 0 Å². The summed E-state index contributed by atoms with van der Waals surface area (Å²) in [6.45, 7) is 4.34. The number of nitrogens with one attached hydrogen (secondary N) is 3. The Balaban J connectivity index is 1.29. The van der Waals surface area contributed by atoms with Gasteiger partial charge in [-0.3, -0.25) is 14.9 Å². The molecule has 36 heavy (non-hydrogen) atoms. The topological polar surface area (TPSA) is 129 Å². The number of amides is 1. The molecule has 2 saturated carbocycles. The molecule has 2 fully saturated rings. The second-order valence-corrected chi connectivity index (χ2v) is 12.2. The van der Waals surface area contributed by atoms with Gasteiger partial charge in [-0.2, -0.15) is 0 Å². The number of phenols is 1. The summed E-state index contributed by atoms with van der Waals surface area (Å²) in [5.41, 5.74) is 9.74. The van der Waals surface area contributed by atoms with Crippen molar-refractivity contribution in [3.8, 4) is 5.75 Å². The van der Waals surface area contributed by atoms with Crippen molar-refractivity contribution >= 4 is 28.1 Å². The van der Waals surface area contributed by atoms with Crippen molar-refractivity contribution in [2.45, 2.75) is 64.3 Å². The molecule has 1 aliphatic heterocycles. The molecule has 10 heteroatoms. The summed E-state index contributed by atoms with van der Waals surface area (Å²) in [6, 6.07) is 3.63. The van der Waals surface area contributed by atoms with Crippen molar-refractivity contribution in [3.63, 3.8) is 0 Å². The summed E-state index contributed by atoms with van der Waals surface area (Å²) in [4.78, 5) is 29.4. The summed E-state index contributed by atoms with van der Waals surface area (Å²) in [5, 5.41) is 25.5. The van der Waals surface area contributed by atoms with Gasteiger partial charge in [0.15, 0.2) is 10.9 Å². The van der Waals surface area contributed by atoms with Crippen LogP contribution in [0.4, 0.5) is 10.8 Å². The summed E-state index contributed by atoms with van der Waals surface area (Å²) in [7, 11) is 0. The molecule has 190 valence electrons. The number of rotatable bonds is 5. The van der Waals surface area contributed by atoms with Crippen molar-refractivity contribution in [2.24, 2.45) is 23.2 Å². The lowest BCUT2D eigenvalue weighted by Crippen LogP contribution is -2.50. The number of anilines is 1. The smallest absolute Gasteiger partial charge is 0.314 e. The maximum atomic E-state index is 12.8. The summed E-state index contributed by atoms with van der Waals surface area (Å²) in [5.74, 6) is 0.983. The van der Waals surface area contributed by atoms with Crippen LogP contribution in [0.1, 0.15) is 60.9 Å². The van der Waals surface area contributed by atoms with Gasteiger partial charge in [-0.15, -0.1) is 11.3 Å². The standard InChI is InChI=1S/C26H31N5O4S/c1-13-11-27-25(36-13)29-21(33)8-6-17-19-12-28-30-24(19)26(2)10-9-15-14-5-7-20(32)23(31(34)35)18(14)4-3-16(15)22(17)26/h5,7,11-12,15-17,22,24,28,30,32H,3-4,6,8-10H2,1-2H3,(H,27,29,33). The number of nitro benzene ring substituents is 1. The van der Waals surface area contributed by atoms with Crippen LogP contribution < -0.4 is 16.2 Å². The van der Waals surface area contributed by atoms with Crippen molar-refractivity contribution in [1.29, 1.82) is 0 Å². The Morgan fingerprint density at radius 3 is 2.97 bits per heavy atom. The van der Waals surface area contributed by atoms with Crippen LogP contribution in [0.5, 0.6) is 5.75 Å². The van der Waals surface area contributed by atoms with Crippen LogP contribution in [0.2, 0.25) is 0 Å². The zero-order chi connectivity index (χ0) is 25.2. The number of carbonyl (C=O) groups is 1. The summed E-state index contributed by atoms with van der Waals surface area (Å²) < 4.78 is 0. The Hall–Kier alpha value is -2.98. The van der Waals surface area contributed by atoms with Crippen molar-refractivity contribution < 1.29 is 14.8 Å². The lowest BCUT2D eigenvalue weighted by Gasteiger charge is -2.51. The van der Waals surface area contributed by atoms with Crippen molar-refractivity contribution in [1.82, 2.24) is 15.8 Å². The number of hydrogen-bond acceptors (Lipinski definition) is 8. The van der Waals surface area contributed by atoms with Crippen LogP contribution in [0.15, 0.2) is 30.1 Å². The quantitative estimate of drug-likeness (QED) is 0.344. The fourth-order valence-corrected chi connectivity index (χ4v) is 8.57. The molecule has 1 amide bonds. The van der Waals surface area contributed by atoms with Gasteiger partial charge in [0.1, 0.15) is 0 Å². The predicted molar refractivity (Wildman–Crippen MR) is 136 cm³/mol. The zero-order valence-electron chi connectivity index (χ0n) is 20.4. The first-order valence-electron chi connectivity index (χ1n) is 12.7. The second-order valence-electron chi connectivity index (χ2n) is 11.0. The number of thiazole rings is 1. The highest BCUT2D eigenvalue weighted by Gasteiger charge is 2.61. The van der Waals surface area contributed by atoms with Crippen LogP contribution in [0.25, 0.3) is 0 Å². The fraction of sp³-hybridized carbons (Fsp3) is 0.538. The van der Waals surface area contributed by atoms with Gasteiger partial charge in [-0.05, 0) is 85.3 Å². The molecular weight excluding hydrogens is 478 g/mol. The highest BCUT2D eigenvalue weighted by atomic mass is 32.1.